The zero-order chi connectivity index (χ0) is 15.0. The highest BCUT2D eigenvalue weighted by molar-refractivity contribution is 5.76. The van der Waals surface area contributed by atoms with Crippen LogP contribution >= 0.6 is 0 Å². The lowest BCUT2D eigenvalue weighted by molar-refractivity contribution is -0.157. The van der Waals surface area contributed by atoms with Crippen LogP contribution in [0.4, 0.5) is 0 Å². The lowest BCUT2D eigenvalue weighted by Crippen LogP contribution is -2.47. The first-order valence-electron chi connectivity index (χ1n) is 5.50. The van der Waals surface area contributed by atoms with Crippen LogP contribution in [0.1, 0.15) is 12.8 Å². The van der Waals surface area contributed by atoms with Crippen molar-refractivity contribution in [3.05, 3.63) is 0 Å². The number of aliphatic hydroxyl groups excluding tert-OH is 5. The molecule has 112 valence electrons. The number of ether oxygens (including phenoxy) is 1. The predicted octanol–water partition coefficient (Wildman–Crippen LogP) is -3.17. The number of rotatable bonds is 9. The number of aliphatic carboxylic acids is 1. The van der Waals surface area contributed by atoms with E-state index in [2.05, 4.69) is 4.74 Å². The summed E-state index contributed by atoms with van der Waals surface area (Å²) in [5, 5.41) is 53.8. The van der Waals surface area contributed by atoms with E-state index in [1.807, 2.05) is 0 Å². The summed E-state index contributed by atoms with van der Waals surface area (Å²) in [7, 11) is 0. The summed E-state index contributed by atoms with van der Waals surface area (Å²) in [6, 6.07) is 0. The molecule has 19 heavy (non-hydrogen) atoms. The molecule has 0 bridgehead atoms. The molecule has 9 nitrogen and oxygen atoms in total. The van der Waals surface area contributed by atoms with Gasteiger partial charge in [0.2, 0.25) is 0 Å². The van der Waals surface area contributed by atoms with E-state index < -0.39 is 56.0 Å². The van der Waals surface area contributed by atoms with Crippen molar-refractivity contribution in [3.8, 4) is 0 Å². The van der Waals surface area contributed by atoms with E-state index in [-0.39, 0.29) is 6.42 Å². The first kappa shape index (κ1) is 17.7. The predicted molar refractivity (Wildman–Crippen MR) is 58.9 cm³/mol. The van der Waals surface area contributed by atoms with Gasteiger partial charge in [-0.1, -0.05) is 0 Å². The van der Waals surface area contributed by atoms with Crippen molar-refractivity contribution < 1.29 is 45.0 Å². The minimum Gasteiger partial charge on any atom is -0.481 e. The van der Waals surface area contributed by atoms with Crippen molar-refractivity contribution >= 4 is 11.9 Å². The second-order valence-corrected chi connectivity index (χ2v) is 3.88. The number of hydrogen-bond donors (Lipinski definition) is 6. The Kier molecular flexibility index (Phi) is 8.19. The van der Waals surface area contributed by atoms with E-state index in [0.29, 0.717) is 0 Å². The number of carboxylic acids is 1. The smallest absolute Gasteiger partial charge is 0.306 e. The molecular weight excluding hydrogens is 264 g/mol. The van der Waals surface area contributed by atoms with E-state index in [1.54, 1.807) is 0 Å². The van der Waals surface area contributed by atoms with Gasteiger partial charge in [-0.15, -0.1) is 0 Å². The molecule has 6 N–H and O–H groups in total. The number of esters is 1. The van der Waals surface area contributed by atoms with Crippen molar-refractivity contribution in [3.63, 3.8) is 0 Å². The quantitative estimate of drug-likeness (QED) is 0.239. The molecule has 0 aromatic rings. The number of carboxylic acid groups (broad SMARTS) is 1. The van der Waals surface area contributed by atoms with Crippen LogP contribution in [0, 0.1) is 0 Å². The summed E-state index contributed by atoms with van der Waals surface area (Å²) in [5.41, 5.74) is 0. The Bertz CT molecular complexity index is 293. The number of carbonyl (C=O) groups excluding carboxylic acids is 1. The molecular formula is C10H18O9. The van der Waals surface area contributed by atoms with Crippen molar-refractivity contribution in [2.75, 3.05) is 13.2 Å². The van der Waals surface area contributed by atoms with Crippen LogP contribution in [-0.2, 0) is 14.3 Å². The summed E-state index contributed by atoms with van der Waals surface area (Å²) in [5.74, 6) is -2.06. The zero-order valence-corrected chi connectivity index (χ0v) is 10.0. The fraction of sp³-hybridized carbons (Fsp3) is 0.800. The molecule has 0 unspecified atom stereocenters. The normalized spacial score (nSPS) is 17.3. The van der Waals surface area contributed by atoms with E-state index in [4.69, 9.17) is 15.3 Å². The van der Waals surface area contributed by atoms with Gasteiger partial charge in [0, 0.05) is 0 Å². The van der Waals surface area contributed by atoms with Crippen molar-refractivity contribution in [1.29, 1.82) is 0 Å². The van der Waals surface area contributed by atoms with Crippen LogP contribution in [0.5, 0.6) is 0 Å². The first-order valence-corrected chi connectivity index (χ1v) is 5.50. The van der Waals surface area contributed by atoms with Crippen LogP contribution in [-0.4, -0.2) is 80.2 Å². The number of aliphatic hydroxyl groups is 5. The molecule has 0 aliphatic heterocycles. The van der Waals surface area contributed by atoms with Gasteiger partial charge in [-0.05, 0) is 0 Å². The van der Waals surface area contributed by atoms with Crippen LogP contribution in [0.2, 0.25) is 0 Å². The third-order valence-corrected chi connectivity index (χ3v) is 2.28. The van der Waals surface area contributed by atoms with Gasteiger partial charge in [0.15, 0.2) is 0 Å². The average Bonchev–Trinajstić information content (AvgIpc) is 2.39. The Hall–Kier alpha value is -1.26. The molecule has 0 aromatic heterocycles. The molecule has 0 saturated carbocycles. The maximum absolute atomic E-state index is 11.0. The van der Waals surface area contributed by atoms with Crippen LogP contribution in [0.3, 0.4) is 0 Å². The molecule has 9 heteroatoms. The number of hydrogen-bond acceptors (Lipinski definition) is 8. The highest BCUT2D eigenvalue weighted by atomic mass is 16.5. The van der Waals surface area contributed by atoms with Gasteiger partial charge in [0.1, 0.15) is 31.0 Å². The second-order valence-electron chi connectivity index (χ2n) is 3.88. The molecule has 0 saturated heterocycles. The Balaban J connectivity index is 4.05. The Morgan fingerprint density at radius 1 is 0.947 bits per heavy atom. The van der Waals surface area contributed by atoms with Gasteiger partial charge in [0.05, 0.1) is 19.4 Å². The highest BCUT2D eigenvalue weighted by Gasteiger charge is 2.30. The van der Waals surface area contributed by atoms with Gasteiger partial charge in [-0.2, -0.15) is 0 Å². The summed E-state index contributed by atoms with van der Waals surface area (Å²) < 4.78 is 4.47. The molecule has 0 rings (SSSR count). The topological polar surface area (TPSA) is 165 Å². The van der Waals surface area contributed by atoms with E-state index in [0.717, 1.165) is 0 Å². The molecule has 0 aliphatic carbocycles. The molecule has 0 fully saturated rings. The van der Waals surface area contributed by atoms with Crippen LogP contribution in [0.25, 0.3) is 0 Å². The average molecular weight is 282 g/mol. The standard InChI is InChI=1S/C10H18O9/c11-3-5(12)9(17)10(18)6(13)4-19-8(16)2-1-7(14)15/h5-6,9-13,17-18H,1-4H2,(H,14,15)/t5-,6+,9-,10-/m1/s1. The zero-order valence-electron chi connectivity index (χ0n) is 10.0. The lowest BCUT2D eigenvalue weighted by Gasteiger charge is -2.25. The summed E-state index contributed by atoms with van der Waals surface area (Å²) >= 11 is 0. The third kappa shape index (κ3) is 7.03. The Morgan fingerprint density at radius 2 is 1.47 bits per heavy atom. The molecule has 0 aliphatic rings. The fourth-order valence-corrected chi connectivity index (χ4v) is 1.12. The van der Waals surface area contributed by atoms with Crippen LogP contribution in [0.15, 0.2) is 0 Å². The molecule has 0 spiro atoms. The maximum atomic E-state index is 11.0. The van der Waals surface area contributed by atoms with E-state index in [9.17, 15) is 24.9 Å². The molecule has 0 aromatic carbocycles. The van der Waals surface area contributed by atoms with E-state index >= 15 is 0 Å². The monoisotopic (exact) mass is 282 g/mol. The molecule has 0 heterocycles. The highest BCUT2D eigenvalue weighted by Crippen LogP contribution is 2.06. The summed E-state index contributed by atoms with van der Waals surface area (Å²) in [6.07, 6.45) is -7.77. The first-order chi connectivity index (χ1) is 8.79. The van der Waals surface area contributed by atoms with Crippen molar-refractivity contribution in [2.45, 2.75) is 37.3 Å². The third-order valence-electron chi connectivity index (χ3n) is 2.28. The second kappa shape index (κ2) is 8.77. The molecule has 0 radical (unpaired) electrons. The van der Waals surface area contributed by atoms with Crippen molar-refractivity contribution in [2.24, 2.45) is 0 Å². The summed E-state index contributed by atoms with van der Waals surface area (Å²) in [6.45, 7) is -1.49. The van der Waals surface area contributed by atoms with Crippen LogP contribution < -0.4 is 0 Å². The molecule has 4 atom stereocenters. The summed E-state index contributed by atoms with van der Waals surface area (Å²) in [4.78, 5) is 21.2. The Labute approximate surface area is 108 Å². The maximum Gasteiger partial charge on any atom is 0.306 e. The largest absolute Gasteiger partial charge is 0.481 e. The van der Waals surface area contributed by atoms with Crippen molar-refractivity contribution in [1.82, 2.24) is 0 Å². The minimum absolute atomic E-state index is 0.389. The van der Waals surface area contributed by atoms with E-state index in [1.165, 1.54) is 0 Å². The fourth-order valence-electron chi connectivity index (χ4n) is 1.12. The SMILES string of the molecule is O=C(O)CCC(=O)OC[C@H](O)[C@@H](O)[C@H](O)[C@H](O)CO. The van der Waals surface area contributed by atoms with Gasteiger partial charge in [0.25, 0.3) is 0 Å². The van der Waals surface area contributed by atoms with Gasteiger partial charge < -0.3 is 35.4 Å². The number of carbonyl (C=O) groups is 2. The lowest BCUT2D eigenvalue weighted by atomic mass is 10.0. The van der Waals surface area contributed by atoms with Gasteiger partial charge >= 0.3 is 11.9 Å². The Morgan fingerprint density at radius 3 is 1.95 bits per heavy atom. The molecule has 0 amide bonds. The van der Waals surface area contributed by atoms with Gasteiger partial charge in [-0.3, -0.25) is 9.59 Å². The minimum atomic E-state index is -1.82. The van der Waals surface area contributed by atoms with Gasteiger partial charge in [-0.25, -0.2) is 0 Å².